The smallest absolute Gasteiger partial charge is 0.132 e. The Bertz CT molecular complexity index is 636. The van der Waals surface area contributed by atoms with Gasteiger partial charge in [-0.2, -0.15) is 5.10 Å². The van der Waals surface area contributed by atoms with Crippen LogP contribution in [0.15, 0.2) is 29.3 Å². The van der Waals surface area contributed by atoms with E-state index in [1.54, 1.807) is 6.33 Å². The zero-order chi connectivity index (χ0) is 14.2. The minimum atomic E-state index is 0.429. The van der Waals surface area contributed by atoms with Gasteiger partial charge in [0, 0.05) is 37.0 Å². The van der Waals surface area contributed by atoms with Crippen molar-refractivity contribution in [3.8, 4) is 0 Å². The van der Waals surface area contributed by atoms with E-state index in [1.807, 2.05) is 12.4 Å². The first-order valence-electron chi connectivity index (χ1n) is 7.56. The molecular formula is C15H18BrN5. The van der Waals surface area contributed by atoms with Crippen molar-refractivity contribution in [1.29, 1.82) is 0 Å². The van der Waals surface area contributed by atoms with Gasteiger partial charge in [0.05, 0.1) is 16.7 Å². The molecule has 110 valence electrons. The van der Waals surface area contributed by atoms with Crippen molar-refractivity contribution < 1.29 is 0 Å². The predicted octanol–water partition coefficient (Wildman–Crippen LogP) is 3.15. The molecule has 1 saturated carbocycles. The van der Waals surface area contributed by atoms with Crippen LogP contribution in [0.3, 0.4) is 0 Å². The molecule has 4 rings (SSSR count). The van der Waals surface area contributed by atoms with E-state index in [1.165, 1.54) is 25.0 Å². The van der Waals surface area contributed by atoms with E-state index >= 15 is 0 Å². The molecule has 1 aliphatic carbocycles. The normalized spacial score (nSPS) is 22.5. The lowest BCUT2D eigenvalue weighted by atomic mass is 9.83. The second-order valence-electron chi connectivity index (χ2n) is 5.96. The Morgan fingerprint density at radius 1 is 1.19 bits per heavy atom. The van der Waals surface area contributed by atoms with Crippen LogP contribution >= 0.6 is 15.9 Å². The summed E-state index contributed by atoms with van der Waals surface area (Å²) in [5.74, 6) is 1.73. The van der Waals surface area contributed by atoms with E-state index in [0.29, 0.717) is 12.0 Å². The van der Waals surface area contributed by atoms with E-state index in [-0.39, 0.29) is 0 Å². The van der Waals surface area contributed by atoms with E-state index in [2.05, 4.69) is 46.6 Å². The molecule has 0 N–H and O–H groups in total. The molecule has 0 radical (unpaired) electrons. The maximum absolute atomic E-state index is 4.47. The molecule has 2 fully saturated rings. The molecular weight excluding hydrogens is 330 g/mol. The maximum atomic E-state index is 4.47. The van der Waals surface area contributed by atoms with Gasteiger partial charge in [0.15, 0.2) is 0 Å². The average Bonchev–Trinajstić information content (AvgIpc) is 3.05. The summed E-state index contributed by atoms with van der Waals surface area (Å²) in [6.45, 7) is 2.00. The molecule has 0 bridgehead atoms. The van der Waals surface area contributed by atoms with Crippen LogP contribution in [-0.2, 0) is 0 Å². The van der Waals surface area contributed by atoms with Gasteiger partial charge in [0.2, 0.25) is 0 Å². The third-order valence-electron chi connectivity index (χ3n) is 4.63. The molecule has 2 aliphatic rings. The van der Waals surface area contributed by atoms with Crippen LogP contribution in [0.25, 0.3) is 0 Å². The van der Waals surface area contributed by atoms with Crippen molar-refractivity contribution in [3.05, 3.63) is 35.0 Å². The largest absolute Gasteiger partial charge is 0.354 e. The SMILES string of the molecule is Brc1cnn(C2CCN(c3cc(C4CCC4)ncn3)C2)c1. The van der Waals surface area contributed by atoms with Crippen LogP contribution in [0.2, 0.25) is 0 Å². The van der Waals surface area contributed by atoms with E-state index in [4.69, 9.17) is 0 Å². The summed E-state index contributed by atoms with van der Waals surface area (Å²) in [6, 6.07) is 2.61. The fourth-order valence-electron chi connectivity index (χ4n) is 3.14. The molecule has 0 spiro atoms. The monoisotopic (exact) mass is 347 g/mol. The molecule has 1 unspecified atom stereocenters. The van der Waals surface area contributed by atoms with Gasteiger partial charge in [-0.05, 0) is 35.2 Å². The van der Waals surface area contributed by atoms with Crippen LogP contribution < -0.4 is 4.90 Å². The van der Waals surface area contributed by atoms with Gasteiger partial charge in [-0.1, -0.05) is 6.42 Å². The van der Waals surface area contributed by atoms with Crippen LogP contribution in [0.5, 0.6) is 0 Å². The Labute approximate surface area is 132 Å². The summed E-state index contributed by atoms with van der Waals surface area (Å²) in [5, 5.41) is 4.40. The minimum absolute atomic E-state index is 0.429. The number of anilines is 1. The third-order valence-corrected chi connectivity index (χ3v) is 5.04. The van der Waals surface area contributed by atoms with Gasteiger partial charge >= 0.3 is 0 Å². The zero-order valence-corrected chi connectivity index (χ0v) is 13.4. The first kappa shape index (κ1) is 13.2. The summed E-state index contributed by atoms with van der Waals surface area (Å²) in [4.78, 5) is 11.3. The molecule has 3 heterocycles. The number of halogens is 1. The number of aromatic nitrogens is 4. The molecule has 21 heavy (non-hydrogen) atoms. The summed E-state index contributed by atoms with van der Waals surface area (Å²) in [6.07, 6.45) is 10.6. The number of hydrogen-bond donors (Lipinski definition) is 0. The number of rotatable bonds is 3. The van der Waals surface area contributed by atoms with Crippen molar-refractivity contribution in [2.24, 2.45) is 0 Å². The average molecular weight is 348 g/mol. The zero-order valence-electron chi connectivity index (χ0n) is 11.8. The summed E-state index contributed by atoms with van der Waals surface area (Å²) >= 11 is 3.46. The van der Waals surface area contributed by atoms with Crippen molar-refractivity contribution >= 4 is 21.7 Å². The standard InChI is InChI=1S/C15H18BrN5/c16-12-7-19-21(8-12)13-4-5-20(9-13)15-6-14(17-10-18-15)11-2-1-3-11/h6-8,10-11,13H,1-5,9H2. The number of hydrogen-bond acceptors (Lipinski definition) is 4. The highest BCUT2D eigenvalue weighted by Crippen LogP contribution is 2.36. The second-order valence-corrected chi connectivity index (χ2v) is 6.87. The Kier molecular flexibility index (Phi) is 3.41. The molecule has 6 heteroatoms. The molecule has 0 amide bonds. The molecule has 1 aliphatic heterocycles. The van der Waals surface area contributed by atoms with Crippen LogP contribution in [0, 0.1) is 0 Å². The van der Waals surface area contributed by atoms with Crippen molar-refractivity contribution in [2.75, 3.05) is 18.0 Å². The van der Waals surface area contributed by atoms with Gasteiger partial charge in [0.25, 0.3) is 0 Å². The molecule has 2 aromatic heterocycles. The fraction of sp³-hybridized carbons (Fsp3) is 0.533. The van der Waals surface area contributed by atoms with Gasteiger partial charge in [-0.15, -0.1) is 0 Å². The Balaban J connectivity index is 1.50. The Morgan fingerprint density at radius 3 is 2.81 bits per heavy atom. The Hall–Kier alpha value is -1.43. The van der Waals surface area contributed by atoms with Crippen molar-refractivity contribution in [1.82, 2.24) is 19.7 Å². The van der Waals surface area contributed by atoms with Crippen LogP contribution in [-0.4, -0.2) is 32.8 Å². The van der Waals surface area contributed by atoms with Crippen molar-refractivity contribution in [3.63, 3.8) is 0 Å². The highest BCUT2D eigenvalue weighted by Gasteiger charge is 2.27. The topological polar surface area (TPSA) is 46.8 Å². The van der Waals surface area contributed by atoms with Gasteiger partial charge < -0.3 is 4.90 Å². The van der Waals surface area contributed by atoms with Gasteiger partial charge in [0.1, 0.15) is 12.1 Å². The summed E-state index contributed by atoms with van der Waals surface area (Å²) in [5.41, 5.74) is 1.22. The van der Waals surface area contributed by atoms with Gasteiger partial charge in [-0.25, -0.2) is 9.97 Å². The molecule has 2 aromatic rings. The van der Waals surface area contributed by atoms with Crippen LogP contribution in [0.1, 0.15) is 43.3 Å². The Morgan fingerprint density at radius 2 is 2.10 bits per heavy atom. The maximum Gasteiger partial charge on any atom is 0.132 e. The lowest BCUT2D eigenvalue weighted by molar-refractivity contribution is 0.410. The summed E-state index contributed by atoms with van der Waals surface area (Å²) < 4.78 is 3.09. The van der Waals surface area contributed by atoms with Crippen LogP contribution in [0.4, 0.5) is 5.82 Å². The molecule has 1 atom stereocenters. The van der Waals surface area contributed by atoms with Gasteiger partial charge in [-0.3, -0.25) is 4.68 Å². The molecule has 0 aromatic carbocycles. The highest BCUT2D eigenvalue weighted by atomic mass is 79.9. The lowest BCUT2D eigenvalue weighted by Gasteiger charge is -2.26. The first-order valence-corrected chi connectivity index (χ1v) is 8.35. The summed E-state index contributed by atoms with van der Waals surface area (Å²) in [7, 11) is 0. The minimum Gasteiger partial charge on any atom is -0.354 e. The number of nitrogens with zero attached hydrogens (tertiary/aromatic N) is 5. The quantitative estimate of drug-likeness (QED) is 0.855. The van der Waals surface area contributed by atoms with E-state index in [9.17, 15) is 0 Å². The molecule has 5 nitrogen and oxygen atoms in total. The highest BCUT2D eigenvalue weighted by molar-refractivity contribution is 9.10. The van der Waals surface area contributed by atoms with Crippen molar-refractivity contribution in [2.45, 2.75) is 37.6 Å². The predicted molar refractivity (Wildman–Crippen MR) is 84.4 cm³/mol. The molecule has 1 saturated heterocycles. The fourth-order valence-corrected chi connectivity index (χ4v) is 3.44. The van der Waals surface area contributed by atoms with E-state index in [0.717, 1.165) is 29.8 Å². The second kappa shape index (κ2) is 5.40. The van der Waals surface area contributed by atoms with E-state index < -0.39 is 0 Å². The third kappa shape index (κ3) is 2.57. The first-order chi connectivity index (χ1) is 10.3. The lowest BCUT2D eigenvalue weighted by Crippen LogP contribution is -2.23.